The van der Waals surface area contributed by atoms with Gasteiger partial charge in [-0.25, -0.2) is 4.57 Å². The zero-order chi connectivity index (χ0) is 54.2. The molecule has 0 aliphatic rings. The van der Waals surface area contributed by atoms with Gasteiger partial charge in [-0.2, -0.15) is 0 Å². The molecule has 0 heterocycles. The van der Waals surface area contributed by atoms with Crippen LogP contribution in [-0.2, 0) is 32.7 Å². The Hall–Kier alpha value is -3.85. The Morgan fingerprint density at radius 3 is 1.15 bits per heavy atom. The van der Waals surface area contributed by atoms with Gasteiger partial charge in [-0.15, -0.1) is 0 Å². The van der Waals surface area contributed by atoms with Crippen LogP contribution in [0.15, 0.2) is 134 Å². The second kappa shape index (κ2) is 54.0. The van der Waals surface area contributed by atoms with Crippen LogP contribution in [0.4, 0.5) is 0 Å². The molecule has 0 saturated heterocycles. The molecule has 0 spiro atoms. The quantitative estimate of drug-likeness (QED) is 0.0211. The van der Waals surface area contributed by atoms with Crippen LogP contribution in [0.2, 0.25) is 0 Å². The minimum Gasteiger partial charge on any atom is -0.462 e. The van der Waals surface area contributed by atoms with Crippen LogP contribution in [0.25, 0.3) is 0 Å². The number of carbonyl (C=O) groups is 2. The van der Waals surface area contributed by atoms with Crippen molar-refractivity contribution in [3.05, 3.63) is 134 Å². The van der Waals surface area contributed by atoms with Crippen LogP contribution >= 0.6 is 7.82 Å². The molecular weight excluding hydrogens is 942 g/mol. The first-order valence-electron chi connectivity index (χ1n) is 28.9. The number of carbonyl (C=O) groups excluding carboxylic acids is 2. The predicted octanol–water partition coefficient (Wildman–Crippen LogP) is 18.1. The maximum atomic E-state index is 12.8. The monoisotopic (exact) mass is 1050 g/mol. The second-order valence-electron chi connectivity index (χ2n) is 19.9. The van der Waals surface area contributed by atoms with Gasteiger partial charge in [0, 0.05) is 12.8 Å². The van der Waals surface area contributed by atoms with Gasteiger partial charge < -0.3 is 18.9 Å². The lowest BCUT2D eigenvalue weighted by Crippen LogP contribution is -2.37. The molecule has 420 valence electrons. The van der Waals surface area contributed by atoms with Crippen LogP contribution in [0.5, 0.6) is 0 Å². The second-order valence-corrected chi connectivity index (χ2v) is 21.4. The Morgan fingerprint density at radius 2 is 0.770 bits per heavy atom. The molecule has 0 aromatic heterocycles. The molecule has 2 atom stereocenters. The summed E-state index contributed by atoms with van der Waals surface area (Å²) in [4.78, 5) is 35.7. The molecule has 0 aliphatic carbocycles. The van der Waals surface area contributed by atoms with E-state index in [1.54, 1.807) is 0 Å². The van der Waals surface area contributed by atoms with Gasteiger partial charge in [0.2, 0.25) is 0 Å². The van der Waals surface area contributed by atoms with E-state index in [1.165, 1.54) is 32.1 Å². The van der Waals surface area contributed by atoms with Crippen molar-refractivity contribution in [3.8, 4) is 0 Å². The molecule has 0 aromatic rings. The Balaban J connectivity index is 4.27. The van der Waals surface area contributed by atoms with Gasteiger partial charge in [0.1, 0.15) is 19.8 Å². The number of allylic oxidation sites excluding steroid dienone is 22. The molecule has 0 aromatic carbocycles. The largest absolute Gasteiger partial charge is 0.472 e. The minimum absolute atomic E-state index is 0.0183. The Morgan fingerprint density at radius 1 is 0.432 bits per heavy atom. The number of hydrogen-bond donors (Lipinski definition) is 1. The van der Waals surface area contributed by atoms with Crippen molar-refractivity contribution >= 4 is 19.8 Å². The number of hydrogen-bond acceptors (Lipinski definition) is 7. The van der Waals surface area contributed by atoms with E-state index in [2.05, 4.69) is 148 Å². The van der Waals surface area contributed by atoms with Crippen molar-refractivity contribution in [1.29, 1.82) is 0 Å². The smallest absolute Gasteiger partial charge is 0.462 e. The van der Waals surface area contributed by atoms with E-state index in [1.807, 2.05) is 21.1 Å². The summed E-state index contributed by atoms with van der Waals surface area (Å²) >= 11 is 0. The third-order valence-electron chi connectivity index (χ3n) is 11.7. The fraction of sp³-hybridized carbons (Fsp3) is 0.625. The molecule has 74 heavy (non-hydrogen) atoms. The summed E-state index contributed by atoms with van der Waals surface area (Å²) in [5.41, 5.74) is 0. The number of ether oxygens (including phenoxy) is 2. The zero-order valence-electron chi connectivity index (χ0n) is 47.5. The van der Waals surface area contributed by atoms with Crippen molar-refractivity contribution in [2.24, 2.45) is 0 Å². The van der Waals surface area contributed by atoms with Crippen molar-refractivity contribution < 1.29 is 42.1 Å². The van der Waals surface area contributed by atoms with Crippen LogP contribution in [0.1, 0.15) is 206 Å². The summed E-state index contributed by atoms with van der Waals surface area (Å²) in [5, 5.41) is 0. The number of nitrogens with zero attached hydrogens (tertiary/aromatic N) is 1. The van der Waals surface area contributed by atoms with Gasteiger partial charge in [-0.05, 0) is 116 Å². The van der Waals surface area contributed by atoms with E-state index in [0.717, 1.165) is 135 Å². The van der Waals surface area contributed by atoms with E-state index in [0.29, 0.717) is 23.9 Å². The maximum absolute atomic E-state index is 12.8. The standard InChI is InChI=1S/C64H106NO8P/c1-6-8-10-12-14-16-18-20-22-24-26-27-28-29-30-31-32-33-34-35-36-37-39-41-43-45-47-49-51-53-55-57-64(67)73-62(61-72-74(68,69)71-59-58-65(3,4)5)60-70-63(66)56-54-52-50-48-46-44-42-40-38-25-23-21-19-17-15-13-11-9-7-2/h8,10,14-17,20-23,26-27,29-30,32-33,35-36,38-41,62H,6-7,9,11-13,18-19,24-25,28,31,34,37,42-61H2,1-5H3/p+1/b10-8-,16-14-,17-15-,22-20-,23-21-,27-26-,30-29-,33-32-,36-35-,40-38-,41-39-. The molecule has 0 radical (unpaired) electrons. The summed E-state index contributed by atoms with van der Waals surface area (Å²) in [7, 11) is 1.44. The molecule has 0 amide bonds. The van der Waals surface area contributed by atoms with Crippen LogP contribution < -0.4 is 0 Å². The Kier molecular flexibility index (Phi) is 51.2. The summed E-state index contributed by atoms with van der Waals surface area (Å²) in [6, 6.07) is 0. The molecule has 1 N–H and O–H groups in total. The van der Waals surface area contributed by atoms with Crippen molar-refractivity contribution in [1.82, 2.24) is 0 Å². The average molecular weight is 1050 g/mol. The molecule has 0 aliphatic heterocycles. The topological polar surface area (TPSA) is 108 Å². The molecule has 0 fully saturated rings. The summed E-state index contributed by atoms with van der Waals surface area (Å²) in [6.45, 7) is 4.24. The van der Waals surface area contributed by atoms with Crippen molar-refractivity contribution in [2.45, 2.75) is 213 Å². The number of quaternary nitrogens is 1. The van der Waals surface area contributed by atoms with Crippen LogP contribution in [-0.4, -0.2) is 74.9 Å². The SMILES string of the molecule is CC/C=C\C/C=C\C/C=C\C/C=C\C/C=C\C/C=C\C/C=C\C/C=C\CCCCCCCCC(=O)OC(COC(=O)CCCCCCCC/C=C\C/C=C\C/C=C\CCCCC)COP(=O)(O)OCC[N+](C)(C)C. The maximum Gasteiger partial charge on any atom is 0.472 e. The van der Waals surface area contributed by atoms with Gasteiger partial charge in [-0.1, -0.05) is 212 Å². The molecule has 9 nitrogen and oxygen atoms in total. The minimum atomic E-state index is -4.40. The van der Waals surface area contributed by atoms with Crippen LogP contribution in [0, 0.1) is 0 Å². The van der Waals surface area contributed by atoms with Gasteiger partial charge >= 0.3 is 19.8 Å². The van der Waals surface area contributed by atoms with E-state index in [-0.39, 0.29) is 32.0 Å². The lowest BCUT2D eigenvalue weighted by molar-refractivity contribution is -0.870. The number of phosphoric ester groups is 1. The van der Waals surface area contributed by atoms with E-state index in [9.17, 15) is 19.0 Å². The highest BCUT2D eigenvalue weighted by atomic mass is 31.2. The highest BCUT2D eigenvalue weighted by Crippen LogP contribution is 2.43. The summed E-state index contributed by atoms with van der Waals surface area (Å²) in [6.07, 6.45) is 77.9. The first-order valence-corrected chi connectivity index (χ1v) is 30.4. The molecule has 0 bridgehead atoms. The fourth-order valence-corrected chi connectivity index (χ4v) is 7.95. The van der Waals surface area contributed by atoms with Gasteiger partial charge in [-0.3, -0.25) is 18.6 Å². The fourth-order valence-electron chi connectivity index (χ4n) is 7.21. The highest BCUT2D eigenvalue weighted by Gasteiger charge is 2.27. The number of esters is 2. The summed E-state index contributed by atoms with van der Waals surface area (Å²) in [5.74, 6) is -0.840. The van der Waals surface area contributed by atoms with E-state index in [4.69, 9.17) is 18.5 Å². The highest BCUT2D eigenvalue weighted by molar-refractivity contribution is 7.47. The molecule has 10 heteroatoms. The molecule has 0 saturated carbocycles. The van der Waals surface area contributed by atoms with E-state index >= 15 is 0 Å². The predicted molar refractivity (Wildman–Crippen MR) is 316 cm³/mol. The molecule has 0 rings (SSSR count). The number of rotatable bonds is 51. The van der Waals surface area contributed by atoms with Crippen LogP contribution in [0.3, 0.4) is 0 Å². The lowest BCUT2D eigenvalue weighted by atomic mass is 10.1. The molecular formula is C64H107NO8P+. The Bertz CT molecular complexity index is 1710. The number of unbranched alkanes of at least 4 members (excludes halogenated alkanes) is 15. The third kappa shape index (κ3) is 57.4. The van der Waals surface area contributed by atoms with Gasteiger partial charge in [0.05, 0.1) is 27.7 Å². The van der Waals surface area contributed by atoms with Gasteiger partial charge in [0.25, 0.3) is 0 Å². The summed E-state index contributed by atoms with van der Waals surface area (Å²) < 4.78 is 34.5. The van der Waals surface area contributed by atoms with Crippen molar-refractivity contribution in [2.75, 3.05) is 47.5 Å². The Labute approximate surface area is 453 Å². The normalized spacial score (nSPS) is 14.3. The third-order valence-corrected chi connectivity index (χ3v) is 12.6. The number of phosphoric acid groups is 1. The first kappa shape index (κ1) is 70.1. The van der Waals surface area contributed by atoms with E-state index < -0.39 is 26.5 Å². The zero-order valence-corrected chi connectivity index (χ0v) is 48.4. The first-order chi connectivity index (χ1) is 36.0. The lowest BCUT2D eigenvalue weighted by Gasteiger charge is -2.24. The van der Waals surface area contributed by atoms with Gasteiger partial charge in [0.15, 0.2) is 6.10 Å². The van der Waals surface area contributed by atoms with Crippen molar-refractivity contribution in [3.63, 3.8) is 0 Å². The number of likely N-dealkylation sites (N-methyl/N-ethyl adjacent to an activating group) is 1. The average Bonchev–Trinajstić information content (AvgIpc) is 3.36. The molecule has 2 unspecified atom stereocenters.